The number of fused-ring (bicyclic) bond motifs is 1. The van der Waals surface area contributed by atoms with Crippen molar-refractivity contribution in [2.45, 2.75) is 123 Å². The third kappa shape index (κ3) is 11.4. The summed E-state index contributed by atoms with van der Waals surface area (Å²) in [7, 11) is 0. The van der Waals surface area contributed by atoms with E-state index in [9.17, 15) is 29.1 Å². The molecule has 1 aromatic heterocycles. The van der Waals surface area contributed by atoms with E-state index in [1.807, 2.05) is 0 Å². The Morgan fingerprint density at radius 3 is 1.96 bits per heavy atom. The number of benzene rings is 1. The van der Waals surface area contributed by atoms with E-state index >= 15 is 0 Å². The lowest BCUT2D eigenvalue weighted by atomic mass is 9.98. The third-order valence-corrected chi connectivity index (χ3v) is 7.51. The molecule has 1 aliphatic heterocycles. The molecule has 48 heavy (non-hydrogen) atoms. The highest BCUT2D eigenvalue weighted by atomic mass is 16.7. The van der Waals surface area contributed by atoms with Crippen LogP contribution in [0.2, 0.25) is 0 Å². The van der Waals surface area contributed by atoms with Crippen LogP contribution < -0.4 is 15.1 Å². The Labute approximate surface area is 278 Å². The van der Waals surface area contributed by atoms with Gasteiger partial charge in [-0.05, 0) is 18.6 Å². The molecule has 14 heteroatoms. The number of carbonyl (C=O) groups excluding carboxylic acids is 4. The molecular weight excluding hydrogens is 632 g/mol. The van der Waals surface area contributed by atoms with Crippen LogP contribution >= 0.6 is 0 Å². The zero-order chi connectivity index (χ0) is 35.2. The molecule has 0 amide bonds. The zero-order valence-corrected chi connectivity index (χ0v) is 28.2. The number of unbranched alkanes of at least 4 members (excludes halogenated alkanes) is 8. The minimum atomic E-state index is -1.50. The number of rotatable bonds is 18. The summed E-state index contributed by atoms with van der Waals surface area (Å²) in [5.41, 5.74) is -0.934. The summed E-state index contributed by atoms with van der Waals surface area (Å²) in [4.78, 5) is 60.4. The van der Waals surface area contributed by atoms with Gasteiger partial charge in [-0.1, -0.05) is 58.3 Å². The first kappa shape index (κ1) is 38.1. The van der Waals surface area contributed by atoms with Gasteiger partial charge in [-0.25, -0.2) is 4.79 Å². The highest BCUT2D eigenvalue weighted by molar-refractivity contribution is 5.86. The summed E-state index contributed by atoms with van der Waals surface area (Å²) in [6.07, 6.45) is 3.11. The second-order valence-corrected chi connectivity index (χ2v) is 11.6. The van der Waals surface area contributed by atoms with Crippen molar-refractivity contribution in [2.24, 2.45) is 0 Å². The number of hydrogen-bond acceptors (Lipinski definition) is 14. The molecule has 266 valence electrons. The fourth-order valence-corrected chi connectivity index (χ4v) is 5.35. The van der Waals surface area contributed by atoms with Gasteiger partial charge >= 0.3 is 29.5 Å². The highest BCUT2D eigenvalue weighted by Gasteiger charge is 2.53. The number of ether oxygens (including phenoxy) is 7. The van der Waals surface area contributed by atoms with Gasteiger partial charge in [0.1, 0.15) is 24.0 Å². The maximum absolute atomic E-state index is 12.8. The van der Waals surface area contributed by atoms with Crippen molar-refractivity contribution in [2.75, 3.05) is 13.2 Å². The van der Waals surface area contributed by atoms with Crippen molar-refractivity contribution in [3.05, 3.63) is 28.6 Å². The molecule has 0 bridgehead atoms. The number of carbonyl (C=O) groups is 4. The molecule has 3 rings (SSSR count). The molecule has 1 fully saturated rings. The second kappa shape index (κ2) is 18.9. The highest BCUT2D eigenvalue weighted by Crippen LogP contribution is 2.35. The Bertz CT molecular complexity index is 1450. The Kier molecular flexibility index (Phi) is 15.0. The molecule has 0 radical (unpaired) electrons. The lowest BCUT2D eigenvalue weighted by molar-refractivity contribution is -0.288. The Balaban J connectivity index is 1.79. The summed E-state index contributed by atoms with van der Waals surface area (Å²) in [5, 5.41) is 11.0. The third-order valence-electron chi connectivity index (χ3n) is 7.51. The van der Waals surface area contributed by atoms with E-state index in [0.717, 1.165) is 47.0 Å². The van der Waals surface area contributed by atoms with Crippen LogP contribution in [0.4, 0.5) is 0 Å². The normalized spacial score (nSPS) is 20.5. The van der Waals surface area contributed by atoms with Crippen molar-refractivity contribution in [3.8, 4) is 17.2 Å². The predicted molar refractivity (Wildman–Crippen MR) is 169 cm³/mol. The first-order valence-electron chi connectivity index (χ1n) is 16.3. The molecule has 0 spiro atoms. The van der Waals surface area contributed by atoms with Crippen molar-refractivity contribution in [3.63, 3.8) is 0 Å². The first-order chi connectivity index (χ1) is 22.9. The van der Waals surface area contributed by atoms with Gasteiger partial charge in [0.05, 0.1) is 12.0 Å². The van der Waals surface area contributed by atoms with E-state index < -0.39 is 72.6 Å². The molecule has 1 N–H and O–H groups in total. The van der Waals surface area contributed by atoms with E-state index in [2.05, 4.69) is 6.92 Å². The van der Waals surface area contributed by atoms with E-state index in [4.69, 9.17) is 37.6 Å². The number of hydrogen-bond donors (Lipinski definition) is 1. The summed E-state index contributed by atoms with van der Waals surface area (Å²) in [5.74, 6) is -3.67. The molecule has 2 heterocycles. The van der Waals surface area contributed by atoms with Crippen LogP contribution in [0.5, 0.6) is 17.2 Å². The lowest BCUT2D eigenvalue weighted by Crippen LogP contribution is -2.63. The topological polar surface area (TPSA) is 183 Å². The van der Waals surface area contributed by atoms with Gasteiger partial charge in [-0.15, -0.1) is 0 Å². The predicted octanol–water partition coefficient (Wildman–Crippen LogP) is 4.87. The molecule has 1 saturated heterocycles. The largest absolute Gasteiger partial charge is 0.504 e. The van der Waals surface area contributed by atoms with Gasteiger partial charge in [0.15, 0.2) is 18.0 Å². The maximum Gasteiger partial charge on any atom is 0.383 e. The summed E-state index contributed by atoms with van der Waals surface area (Å²) < 4.78 is 44.2. The van der Waals surface area contributed by atoms with Crippen LogP contribution in [-0.2, 0) is 42.9 Å². The van der Waals surface area contributed by atoms with Crippen LogP contribution in [0.15, 0.2) is 27.4 Å². The fourth-order valence-electron chi connectivity index (χ4n) is 5.35. The van der Waals surface area contributed by atoms with Gasteiger partial charge in [0, 0.05) is 33.8 Å². The van der Waals surface area contributed by atoms with Crippen molar-refractivity contribution < 1.29 is 61.9 Å². The van der Waals surface area contributed by atoms with Crippen LogP contribution in [0, 0.1) is 0 Å². The van der Waals surface area contributed by atoms with E-state index in [-0.39, 0.29) is 29.1 Å². The van der Waals surface area contributed by atoms with Crippen LogP contribution in [0.1, 0.15) is 92.4 Å². The molecule has 0 saturated carbocycles. The van der Waals surface area contributed by atoms with Crippen molar-refractivity contribution >= 4 is 34.8 Å². The molecule has 0 unspecified atom stereocenters. The van der Waals surface area contributed by atoms with Gasteiger partial charge < -0.3 is 42.7 Å². The Morgan fingerprint density at radius 2 is 1.35 bits per heavy atom. The average Bonchev–Trinajstić information content (AvgIpc) is 3.00. The van der Waals surface area contributed by atoms with E-state index in [1.54, 1.807) is 0 Å². The van der Waals surface area contributed by atoms with Gasteiger partial charge in [0.2, 0.25) is 18.1 Å². The molecule has 0 aliphatic carbocycles. The van der Waals surface area contributed by atoms with Crippen LogP contribution in [0.25, 0.3) is 11.0 Å². The van der Waals surface area contributed by atoms with Crippen LogP contribution in [0.3, 0.4) is 0 Å². The van der Waals surface area contributed by atoms with Crippen molar-refractivity contribution in [1.29, 1.82) is 0 Å². The summed E-state index contributed by atoms with van der Waals surface area (Å²) >= 11 is 0. The second-order valence-electron chi connectivity index (χ2n) is 11.6. The quantitative estimate of drug-likeness (QED) is 0.0975. The molecule has 14 nitrogen and oxygen atoms in total. The summed E-state index contributed by atoms with van der Waals surface area (Å²) in [6.45, 7) is 6.49. The number of aromatic hydroxyl groups is 1. The van der Waals surface area contributed by atoms with E-state index in [1.165, 1.54) is 50.3 Å². The lowest BCUT2D eigenvalue weighted by Gasteiger charge is -2.43. The van der Waals surface area contributed by atoms with Crippen LogP contribution in [-0.4, -0.2) is 72.9 Å². The minimum absolute atomic E-state index is 0.0364. The van der Waals surface area contributed by atoms with E-state index in [0.29, 0.717) is 6.42 Å². The molecule has 2 aromatic rings. The van der Waals surface area contributed by atoms with Gasteiger partial charge in [-0.2, -0.15) is 0 Å². The summed E-state index contributed by atoms with van der Waals surface area (Å²) in [6, 6.07) is 4.16. The fraction of sp³-hybridized carbons (Fsp3) is 0.618. The SMILES string of the molecule is CCCCCCCCCCCOc1c(O)c2ccc(O[C@@H]3O[C@H](COC(C)=O)[C@H](OC(C)=O)[C@H](OC(C)=O)[C@H]3OC(C)=O)cc2oc1=O. The van der Waals surface area contributed by atoms with Gasteiger partial charge in [0.25, 0.3) is 0 Å². The molecular formula is C34H46O14. The smallest absolute Gasteiger partial charge is 0.383 e. The monoisotopic (exact) mass is 678 g/mol. The minimum Gasteiger partial charge on any atom is -0.504 e. The van der Waals surface area contributed by atoms with Crippen molar-refractivity contribution in [1.82, 2.24) is 0 Å². The standard InChI is InChI=1S/C34H46O14/c1-6-7-8-9-10-11-12-13-14-17-41-30-28(39)25-16-15-24(18-26(25)47-33(30)40)46-34-32(45-23(5)38)31(44-22(4)37)29(43-21(3)36)27(48-34)19-42-20(2)35/h15-16,18,27,29,31-32,34,39H,6-14,17,19H2,1-5H3/t27-,29+,31+,32-,34-/m1/s1. The molecule has 5 atom stereocenters. The zero-order valence-electron chi connectivity index (χ0n) is 28.2. The average molecular weight is 679 g/mol. The van der Waals surface area contributed by atoms with Gasteiger partial charge in [-0.3, -0.25) is 19.2 Å². The first-order valence-corrected chi connectivity index (χ1v) is 16.3. The molecule has 1 aromatic carbocycles. The molecule has 1 aliphatic rings. The Hall–Kier alpha value is -4.33. The maximum atomic E-state index is 12.8. The number of esters is 4. The Morgan fingerprint density at radius 1 is 0.771 bits per heavy atom.